The lowest BCUT2D eigenvalue weighted by Gasteiger charge is -2.11. The van der Waals surface area contributed by atoms with Crippen molar-refractivity contribution in [3.63, 3.8) is 0 Å². The number of nitrogens with zero attached hydrogens (tertiary/aromatic N) is 1. The number of esters is 1. The van der Waals surface area contributed by atoms with Crippen LogP contribution < -0.4 is 10.1 Å². The second-order valence-electron chi connectivity index (χ2n) is 4.88. The molecule has 0 aliphatic carbocycles. The van der Waals surface area contributed by atoms with Gasteiger partial charge >= 0.3 is 5.97 Å². The lowest BCUT2D eigenvalue weighted by Crippen LogP contribution is -2.39. The quantitative estimate of drug-likeness (QED) is 0.855. The van der Waals surface area contributed by atoms with Gasteiger partial charge in [-0.1, -0.05) is 12.1 Å². The zero-order valence-electron chi connectivity index (χ0n) is 13.2. The SMILES string of the molecule is COC(=O)[C@H](C)NC(=O)c1ccc(-c2cccc(OC)c2)nc1. The molecule has 0 aliphatic rings. The first-order chi connectivity index (χ1) is 11.0. The Balaban J connectivity index is 2.12. The maximum atomic E-state index is 12.0. The van der Waals surface area contributed by atoms with Crippen molar-refractivity contribution < 1.29 is 19.1 Å². The van der Waals surface area contributed by atoms with Crippen LogP contribution in [0.3, 0.4) is 0 Å². The van der Waals surface area contributed by atoms with Crippen LogP contribution in [0.4, 0.5) is 0 Å². The summed E-state index contributed by atoms with van der Waals surface area (Å²) in [5, 5.41) is 2.55. The van der Waals surface area contributed by atoms with E-state index in [1.54, 1.807) is 26.2 Å². The number of carbonyl (C=O) groups excluding carboxylic acids is 2. The molecule has 0 aliphatic heterocycles. The molecule has 120 valence electrons. The molecule has 1 aromatic heterocycles. The summed E-state index contributed by atoms with van der Waals surface area (Å²) in [4.78, 5) is 27.6. The minimum Gasteiger partial charge on any atom is -0.497 e. The number of hydrogen-bond acceptors (Lipinski definition) is 5. The third-order valence-corrected chi connectivity index (χ3v) is 3.29. The van der Waals surface area contributed by atoms with E-state index >= 15 is 0 Å². The molecule has 0 spiro atoms. The Labute approximate surface area is 134 Å². The molecular weight excluding hydrogens is 296 g/mol. The smallest absolute Gasteiger partial charge is 0.328 e. The molecule has 1 N–H and O–H groups in total. The molecule has 1 heterocycles. The molecule has 0 radical (unpaired) electrons. The molecule has 6 heteroatoms. The minimum atomic E-state index is -0.717. The monoisotopic (exact) mass is 314 g/mol. The van der Waals surface area contributed by atoms with Gasteiger partial charge in [-0.15, -0.1) is 0 Å². The summed E-state index contributed by atoms with van der Waals surface area (Å²) in [6.45, 7) is 1.56. The Morgan fingerprint density at radius 1 is 1.17 bits per heavy atom. The fraction of sp³-hybridized carbons (Fsp3) is 0.235. The Bertz CT molecular complexity index is 698. The van der Waals surface area contributed by atoms with Crippen LogP contribution in [0, 0.1) is 0 Å². The topological polar surface area (TPSA) is 77.5 Å². The summed E-state index contributed by atoms with van der Waals surface area (Å²) in [6, 6.07) is 10.2. The molecule has 0 saturated carbocycles. The second kappa shape index (κ2) is 7.40. The number of nitrogens with one attached hydrogen (secondary N) is 1. The Hall–Kier alpha value is -2.89. The summed E-state index contributed by atoms with van der Waals surface area (Å²) in [5.41, 5.74) is 1.98. The van der Waals surface area contributed by atoms with Gasteiger partial charge in [-0.2, -0.15) is 0 Å². The lowest BCUT2D eigenvalue weighted by atomic mass is 10.1. The molecule has 0 fully saturated rings. The van der Waals surface area contributed by atoms with Crippen molar-refractivity contribution >= 4 is 11.9 Å². The molecule has 23 heavy (non-hydrogen) atoms. The van der Waals surface area contributed by atoms with Crippen LogP contribution in [0.5, 0.6) is 5.75 Å². The van der Waals surface area contributed by atoms with Crippen LogP contribution in [-0.2, 0) is 9.53 Å². The Kier molecular flexibility index (Phi) is 5.30. The first kappa shape index (κ1) is 16.5. The average Bonchev–Trinajstić information content (AvgIpc) is 2.61. The van der Waals surface area contributed by atoms with E-state index in [0.29, 0.717) is 5.56 Å². The standard InChI is InChI=1S/C17H18N2O4/c1-11(17(21)23-3)19-16(20)13-7-8-15(18-10-13)12-5-4-6-14(9-12)22-2/h4-11H,1-3H3,(H,19,20)/t11-/m0/s1. The van der Waals surface area contributed by atoms with Crippen LogP contribution >= 0.6 is 0 Å². The molecule has 0 unspecified atom stereocenters. The first-order valence-corrected chi connectivity index (χ1v) is 7.04. The Morgan fingerprint density at radius 2 is 1.96 bits per heavy atom. The predicted octanol–water partition coefficient (Wildman–Crippen LogP) is 2.05. The van der Waals surface area contributed by atoms with Gasteiger partial charge in [0, 0.05) is 11.8 Å². The number of rotatable bonds is 5. The van der Waals surface area contributed by atoms with Crippen molar-refractivity contribution in [1.82, 2.24) is 10.3 Å². The highest BCUT2D eigenvalue weighted by Gasteiger charge is 2.17. The van der Waals surface area contributed by atoms with Crippen molar-refractivity contribution in [1.29, 1.82) is 0 Å². The van der Waals surface area contributed by atoms with Gasteiger partial charge in [0.25, 0.3) is 5.91 Å². The molecule has 2 aromatic rings. The first-order valence-electron chi connectivity index (χ1n) is 7.04. The summed E-state index contributed by atoms with van der Waals surface area (Å²) < 4.78 is 9.75. The van der Waals surface area contributed by atoms with Crippen molar-refractivity contribution in [3.05, 3.63) is 48.2 Å². The van der Waals surface area contributed by atoms with Gasteiger partial charge in [0.05, 0.1) is 25.5 Å². The molecule has 1 amide bonds. The molecule has 1 atom stereocenters. The summed E-state index contributed by atoms with van der Waals surface area (Å²) in [7, 11) is 2.87. The summed E-state index contributed by atoms with van der Waals surface area (Å²) in [5.74, 6) is -0.148. The van der Waals surface area contributed by atoms with Crippen LogP contribution in [0.1, 0.15) is 17.3 Å². The number of hydrogen-bond donors (Lipinski definition) is 1. The van der Waals surface area contributed by atoms with E-state index in [1.807, 2.05) is 24.3 Å². The van der Waals surface area contributed by atoms with Crippen LogP contribution in [0.25, 0.3) is 11.3 Å². The van der Waals surface area contributed by atoms with E-state index in [-0.39, 0.29) is 5.91 Å². The summed E-state index contributed by atoms with van der Waals surface area (Å²) in [6.07, 6.45) is 1.47. The number of carbonyl (C=O) groups is 2. The second-order valence-corrected chi connectivity index (χ2v) is 4.88. The van der Waals surface area contributed by atoms with Crippen LogP contribution in [0.2, 0.25) is 0 Å². The Morgan fingerprint density at radius 3 is 2.57 bits per heavy atom. The number of methoxy groups -OCH3 is 2. The number of pyridine rings is 1. The molecule has 2 rings (SSSR count). The zero-order chi connectivity index (χ0) is 16.8. The van der Waals surface area contributed by atoms with Crippen molar-refractivity contribution in [2.45, 2.75) is 13.0 Å². The van der Waals surface area contributed by atoms with Gasteiger partial charge in [-0.3, -0.25) is 9.78 Å². The van der Waals surface area contributed by atoms with Gasteiger partial charge in [-0.25, -0.2) is 4.79 Å². The molecular formula is C17H18N2O4. The van der Waals surface area contributed by atoms with E-state index in [4.69, 9.17) is 4.74 Å². The van der Waals surface area contributed by atoms with E-state index < -0.39 is 12.0 Å². The molecule has 6 nitrogen and oxygen atoms in total. The number of benzene rings is 1. The highest BCUT2D eigenvalue weighted by atomic mass is 16.5. The van der Waals surface area contributed by atoms with Crippen molar-refractivity contribution in [3.8, 4) is 17.0 Å². The highest BCUT2D eigenvalue weighted by molar-refractivity contribution is 5.96. The van der Waals surface area contributed by atoms with E-state index in [0.717, 1.165) is 17.0 Å². The van der Waals surface area contributed by atoms with Gasteiger partial charge < -0.3 is 14.8 Å². The number of ether oxygens (including phenoxy) is 2. The van der Waals surface area contributed by atoms with Gasteiger partial charge in [0.2, 0.25) is 0 Å². The van der Waals surface area contributed by atoms with Crippen LogP contribution in [-0.4, -0.2) is 37.1 Å². The zero-order valence-corrected chi connectivity index (χ0v) is 13.2. The van der Waals surface area contributed by atoms with E-state index in [2.05, 4.69) is 15.0 Å². The normalized spacial score (nSPS) is 11.4. The van der Waals surface area contributed by atoms with Gasteiger partial charge in [0.15, 0.2) is 0 Å². The largest absolute Gasteiger partial charge is 0.497 e. The fourth-order valence-corrected chi connectivity index (χ4v) is 2.00. The van der Waals surface area contributed by atoms with Crippen LogP contribution in [0.15, 0.2) is 42.6 Å². The van der Waals surface area contributed by atoms with Crippen molar-refractivity contribution in [2.75, 3.05) is 14.2 Å². The third-order valence-electron chi connectivity index (χ3n) is 3.29. The number of aromatic nitrogens is 1. The molecule has 1 aromatic carbocycles. The third kappa shape index (κ3) is 4.06. The molecule has 0 saturated heterocycles. The van der Waals surface area contributed by atoms with Gasteiger partial charge in [0.1, 0.15) is 11.8 Å². The van der Waals surface area contributed by atoms with E-state index in [9.17, 15) is 9.59 Å². The van der Waals surface area contributed by atoms with Gasteiger partial charge in [-0.05, 0) is 31.2 Å². The average molecular weight is 314 g/mol. The highest BCUT2D eigenvalue weighted by Crippen LogP contribution is 2.22. The van der Waals surface area contributed by atoms with E-state index in [1.165, 1.54) is 13.3 Å². The maximum absolute atomic E-state index is 12.0. The predicted molar refractivity (Wildman–Crippen MR) is 85.2 cm³/mol. The summed E-state index contributed by atoms with van der Waals surface area (Å²) >= 11 is 0. The minimum absolute atomic E-state index is 0.368. The van der Waals surface area contributed by atoms with Crippen molar-refractivity contribution in [2.24, 2.45) is 0 Å². The molecule has 0 bridgehead atoms. The maximum Gasteiger partial charge on any atom is 0.328 e. The fourth-order valence-electron chi connectivity index (χ4n) is 2.00. The lowest BCUT2D eigenvalue weighted by molar-refractivity contribution is -0.142. The number of amides is 1.